The maximum atomic E-state index is 11.7. The molecule has 0 saturated carbocycles. The Morgan fingerprint density at radius 1 is 1.56 bits per heavy atom. The topological polar surface area (TPSA) is 83.8 Å². The maximum Gasteiger partial charge on any atom is 0.229 e. The van der Waals surface area contributed by atoms with Gasteiger partial charge in [-0.25, -0.2) is 0 Å². The van der Waals surface area contributed by atoms with Crippen molar-refractivity contribution in [2.45, 2.75) is 20.3 Å². The lowest BCUT2D eigenvalue weighted by Crippen LogP contribution is -2.14. The highest BCUT2D eigenvalue weighted by atomic mass is 16.5. The van der Waals surface area contributed by atoms with E-state index in [2.05, 4.69) is 20.7 Å². The van der Waals surface area contributed by atoms with Crippen LogP contribution in [0.2, 0.25) is 0 Å². The van der Waals surface area contributed by atoms with Gasteiger partial charge in [0.05, 0.1) is 24.0 Å². The second-order valence-electron chi connectivity index (χ2n) is 3.51. The number of H-pyrrole nitrogens is 1. The highest BCUT2D eigenvalue weighted by Gasteiger charge is 2.13. The predicted octanol–water partition coefficient (Wildman–Crippen LogP) is 1.20. The summed E-state index contributed by atoms with van der Waals surface area (Å²) in [6.07, 6.45) is 3.42. The number of aromatic amines is 1. The predicted molar refractivity (Wildman–Crippen MR) is 56.9 cm³/mol. The van der Waals surface area contributed by atoms with E-state index in [9.17, 15) is 4.79 Å². The average Bonchev–Trinajstić information content (AvgIpc) is 2.83. The lowest BCUT2D eigenvalue weighted by molar-refractivity contribution is -0.115. The van der Waals surface area contributed by atoms with Crippen molar-refractivity contribution >= 4 is 11.6 Å². The van der Waals surface area contributed by atoms with Gasteiger partial charge in [0.25, 0.3) is 0 Å². The number of aryl methyl sites for hydroxylation is 2. The molecular weight excluding hydrogens is 208 g/mol. The summed E-state index contributed by atoms with van der Waals surface area (Å²) in [4.78, 5) is 11.7. The van der Waals surface area contributed by atoms with Crippen LogP contribution in [0.3, 0.4) is 0 Å². The van der Waals surface area contributed by atoms with Crippen LogP contribution in [0.25, 0.3) is 0 Å². The highest BCUT2D eigenvalue weighted by Crippen LogP contribution is 2.13. The molecule has 0 aromatic carbocycles. The zero-order chi connectivity index (χ0) is 11.5. The number of hydrogen-bond donors (Lipinski definition) is 2. The van der Waals surface area contributed by atoms with E-state index in [1.807, 2.05) is 6.92 Å². The zero-order valence-corrected chi connectivity index (χ0v) is 9.07. The molecule has 0 radical (unpaired) electrons. The summed E-state index contributed by atoms with van der Waals surface area (Å²) in [6, 6.07) is 0. The fraction of sp³-hybridized carbons (Fsp3) is 0.300. The van der Waals surface area contributed by atoms with Crippen molar-refractivity contribution in [1.29, 1.82) is 0 Å². The number of hydrogen-bond acceptors (Lipinski definition) is 4. The third-order valence-electron chi connectivity index (χ3n) is 2.30. The second-order valence-corrected chi connectivity index (χ2v) is 3.51. The number of aromatic nitrogens is 3. The van der Waals surface area contributed by atoms with Gasteiger partial charge < -0.3 is 9.84 Å². The molecule has 2 aromatic heterocycles. The Hall–Kier alpha value is -2.11. The first-order valence-corrected chi connectivity index (χ1v) is 4.87. The van der Waals surface area contributed by atoms with E-state index < -0.39 is 0 Å². The van der Waals surface area contributed by atoms with Crippen LogP contribution >= 0.6 is 0 Å². The minimum absolute atomic E-state index is 0.115. The normalized spacial score (nSPS) is 10.4. The summed E-state index contributed by atoms with van der Waals surface area (Å²) in [7, 11) is 0. The molecule has 0 bridgehead atoms. The molecule has 0 aliphatic carbocycles. The van der Waals surface area contributed by atoms with Crippen LogP contribution in [0.5, 0.6) is 0 Å². The lowest BCUT2D eigenvalue weighted by Gasteiger charge is -2.01. The van der Waals surface area contributed by atoms with Crippen molar-refractivity contribution in [3.63, 3.8) is 0 Å². The molecule has 16 heavy (non-hydrogen) atoms. The number of rotatable bonds is 3. The first kappa shape index (κ1) is 10.4. The standard InChI is InChI=1S/C10H12N4O2/c1-6-9(7(2)16-14-6)3-10(15)13-8-4-11-12-5-8/h4-5H,3H2,1-2H3,(H,11,12)(H,13,15). The molecule has 0 aliphatic rings. The smallest absolute Gasteiger partial charge is 0.229 e. The molecule has 2 heterocycles. The SMILES string of the molecule is Cc1noc(C)c1CC(=O)Nc1cn[nH]c1. The number of amides is 1. The molecule has 0 saturated heterocycles. The number of anilines is 1. The lowest BCUT2D eigenvalue weighted by atomic mass is 10.1. The Balaban J connectivity index is 2.03. The van der Waals surface area contributed by atoms with Crippen LogP contribution in [0, 0.1) is 13.8 Å². The minimum Gasteiger partial charge on any atom is -0.361 e. The molecule has 2 N–H and O–H groups in total. The summed E-state index contributed by atoms with van der Waals surface area (Å²) < 4.78 is 4.98. The van der Waals surface area contributed by atoms with E-state index in [1.165, 1.54) is 0 Å². The van der Waals surface area contributed by atoms with Crippen LogP contribution in [0.15, 0.2) is 16.9 Å². The van der Waals surface area contributed by atoms with E-state index in [4.69, 9.17) is 4.52 Å². The van der Waals surface area contributed by atoms with Gasteiger partial charge in [-0.1, -0.05) is 5.16 Å². The summed E-state index contributed by atoms with van der Waals surface area (Å²) >= 11 is 0. The van der Waals surface area contributed by atoms with E-state index in [-0.39, 0.29) is 12.3 Å². The quantitative estimate of drug-likeness (QED) is 0.813. The van der Waals surface area contributed by atoms with Crippen molar-refractivity contribution < 1.29 is 9.32 Å². The van der Waals surface area contributed by atoms with E-state index in [1.54, 1.807) is 19.3 Å². The fourth-order valence-electron chi connectivity index (χ4n) is 1.44. The van der Waals surface area contributed by atoms with Gasteiger partial charge >= 0.3 is 0 Å². The molecule has 0 atom stereocenters. The number of carbonyl (C=O) groups excluding carboxylic acids is 1. The molecule has 0 spiro atoms. The van der Waals surface area contributed by atoms with Gasteiger partial charge in [0.2, 0.25) is 5.91 Å². The first-order chi connectivity index (χ1) is 7.66. The van der Waals surface area contributed by atoms with E-state index >= 15 is 0 Å². The van der Waals surface area contributed by atoms with Crippen molar-refractivity contribution in [3.05, 3.63) is 29.4 Å². The Morgan fingerprint density at radius 2 is 2.38 bits per heavy atom. The van der Waals surface area contributed by atoms with Gasteiger partial charge in [0, 0.05) is 11.8 Å². The summed E-state index contributed by atoms with van der Waals surface area (Å²) in [6.45, 7) is 3.61. The van der Waals surface area contributed by atoms with Crippen LogP contribution in [0.1, 0.15) is 17.0 Å². The third-order valence-corrected chi connectivity index (χ3v) is 2.30. The summed E-state index contributed by atoms with van der Waals surface area (Å²) in [5.74, 6) is 0.565. The van der Waals surface area contributed by atoms with E-state index in [0.29, 0.717) is 11.4 Å². The highest BCUT2D eigenvalue weighted by molar-refractivity contribution is 5.92. The molecule has 1 amide bonds. The largest absolute Gasteiger partial charge is 0.361 e. The molecule has 0 fully saturated rings. The molecule has 0 unspecified atom stereocenters. The molecule has 2 aromatic rings. The van der Waals surface area contributed by atoms with Crippen molar-refractivity contribution in [3.8, 4) is 0 Å². The minimum atomic E-state index is -0.115. The molecule has 0 aliphatic heterocycles. The van der Waals surface area contributed by atoms with Crippen LogP contribution < -0.4 is 5.32 Å². The Kier molecular flexibility index (Phi) is 2.72. The second kappa shape index (κ2) is 4.18. The molecule has 2 rings (SSSR count). The maximum absolute atomic E-state index is 11.7. The van der Waals surface area contributed by atoms with Crippen LogP contribution in [-0.4, -0.2) is 21.3 Å². The van der Waals surface area contributed by atoms with Crippen molar-refractivity contribution in [1.82, 2.24) is 15.4 Å². The Labute approximate surface area is 92.0 Å². The zero-order valence-electron chi connectivity index (χ0n) is 9.07. The Morgan fingerprint density at radius 3 is 2.94 bits per heavy atom. The fourth-order valence-corrected chi connectivity index (χ4v) is 1.44. The number of carbonyl (C=O) groups is 1. The molecular formula is C10H12N4O2. The van der Waals surface area contributed by atoms with Crippen LogP contribution in [-0.2, 0) is 11.2 Å². The third kappa shape index (κ3) is 2.10. The number of nitrogens with one attached hydrogen (secondary N) is 2. The van der Waals surface area contributed by atoms with Gasteiger partial charge in [-0.3, -0.25) is 9.89 Å². The van der Waals surface area contributed by atoms with Crippen molar-refractivity contribution in [2.75, 3.05) is 5.32 Å². The van der Waals surface area contributed by atoms with Gasteiger partial charge in [-0.05, 0) is 13.8 Å². The average molecular weight is 220 g/mol. The van der Waals surface area contributed by atoms with Gasteiger partial charge in [0.1, 0.15) is 5.76 Å². The first-order valence-electron chi connectivity index (χ1n) is 4.87. The van der Waals surface area contributed by atoms with Crippen LogP contribution in [0.4, 0.5) is 5.69 Å². The molecule has 84 valence electrons. The monoisotopic (exact) mass is 220 g/mol. The van der Waals surface area contributed by atoms with Gasteiger partial charge in [0.15, 0.2) is 0 Å². The summed E-state index contributed by atoms with van der Waals surface area (Å²) in [5.41, 5.74) is 2.23. The Bertz CT molecular complexity index is 467. The molecule has 6 nitrogen and oxygen atoms in total. The summed E-state index contributed by atoms with van der Waals surface area (Å²) in [5, 5.41) is 12.9. The van der Waals surface area contributed by atoms with Crippen molar-refractivity contribution in [2.24, 2.45) is 0 Å². The number of nitrogens with zero attached hydrogens (tertiary/aromatic N) is 2. The van der Waals surface area contributed by atoms with E-state index in [0.717, 1.165) is 11.3 Å². The molecule has 6 heteroatoms. The van der Waals surface area contributed by atoms with Gasteiger partial charge in [-0.15, -0.1) is 0 Å². The van der Waals surface area contributed by atoms with Gasteiger partial charge in [-0.2, -0.15) is 5.10 Å².